The lowest BCUT2D eigenvalue weighted by molar-refractivity contribution is -0.133. The molecule has 2 N–H and O–H groups in total. The van der Waals surface area contributed by atoms with E-state index in [1.54, 1.807) is 30.3 Å². The molecule has 25 heavy (non-hydrogen) atoms. The van der Waals surface area contributed by atoms with Gasteiger partial charge < -0.3 is 15.2 Å². The number of hydrogen-bond acceptors (Lipinski definition) is 4. The van der Waals surface area contributed by atoms with Gasteiger partial charge >= 0.3 is 0 Å². The SMILES string of the molecule is COc1ccc(/C(O)=C2\C(=O)C(=O)NC2c2ccccc2F)cc1.Cl. The molecule has 1 saturated heterocycles. The van der Waals surface area contributed by atoms with E-state index < -0.39 is 23.5 Å². The Hall–Kier alpha value is -2.86. The Morgan fingerprint density at radius 3 is 2.36 bits per heavy atom. The van der Waals surface area contributed by atoms with Gasteiger partial charge in [-0.3, -0.25) is 9.59 Å². The maximum absolute atomic E-state index is 14.1. The summed E-state index contributed by atoms with van der Waals surface area (Å²) in [5, 5.41) is 12.9. The highest BCUT2D eigenvalue weighted by Gasteiger charge is 2.40. The standard InChI is InChI=1S/C18H14FNO4.ClH/c1-24-11-8-6-10(7-9-11)16(21)14-15(20-18(23)17(14)22)12-4-2-3-5-13(12)19;/h2-9,15,21H,1H3,(H,20,23);1H/b16-14+;. The van der Waals surface area contributed by atoms with E-state index in [1.165, 1.54) is 25.3 Å². The lowest BCUT2D eigenvalue weighted by Crippen LogP contribution is -2.21. The highest BCUT2D eigenvalue weighted by Crippen LogP contribution is 2.34. The van der Waals surface area contributed by atoms with Crippen molar-refractivity contribution in [2.75, 3.05) is 7.11 Å². The van der Waals surface area contributed by atoms with Gasteiger partial charge in [0.05, 0.1) is 18.7 Å². The third-order valence-corrected chi connectivity index (χ3v) is 3.85. The number of benzene rings is 2. The lowest BCUT2D eigenvalue weighted by Gasteiger charge is -2.14. The number of Topliss-reactive ketones (excluding diaryl/α,β-unsaturated/α-hetero) is 1. The summed E-state index contributed by atoms with van der Waals surface area (Å²) in [6.07, 6.45) is 0. The number of rotatable bonds is 3. The van der Waals surface area contributed by atoms with E-state index in [2.05, 4.69) is 5.32 Å². The van der Waals surface area contributed by atoms with Crippen LogP contribution in [-0.2, 0) is 9.59 Å². The molecule has 1 amide bonds. The Bertz CT molecular complexity index is 848. The van der Waals surface area contributed by atoms with Crippen molar-refractivity contribution < 1.29 is 23.8 Å². The minimum Gasteiger partial charge on any atom is -0.507 e. The van der Waals surface area contributed by atoms with Crippen LogP contribution in [0, 0.1) is 5.82 Å². The van der Waals surface area contributed by atoms with E-state index in [4.69, 9.17) is 4.74 Å². The van der Waals surface area contributed by atoms with Gasteiger partial charge in [0.1, 0.15) is 17.3 Å². The normalized spacial score (nSPS) is 18.4. The Balaban J connectivity index is 0.00000225. The molecule has 0 aromatic heterocycles. The topological polar surface area (TPSA) is 75.6 Å². The molecule has 0 aliphatic carbocycles. The molecule has 1 atom stereocenters. The minimum absolute atomic E-state index is 0. The molecule has 7 heteroatoms. The zero-order valence-electron chi connectivity index (χ0n) is 13.2. The van der Waals surface area contributed by atoms with Crippen LogP contribution in [0.5, 0.6) is 5.75 Å². The van der Waals surface area contributed by atoms with Gasteiger partial charge in [-0.05, 0) is 30.3 Å². The zero-order chi connectivity index (χ0) is 17.3. The van der Waals surface area contributed by atoms with Crippen molar-refractivity contribution in [1.82, 2.24) is 5.32 Å². The highest BCUT2D eigenvalue weighted by molar-refractivity contribution is 6.46. The third kappa shape index (κ3) is 3.34. The number of amides is 1. The predicted octanol–water partition coefficient (Wildman–Crippen LogP) is 2.97. The number of aliphatic hydroxyl groups excluding tert-OH is 1. The Morgan fingerprint density at radius 1 is 1.12 bits per heavy atom. The number of carbonyl (C=O) groups excluding carboxylic acids is 2. The van der Waals surface area contributed by atoms with Crippen LogP contribution in [-0.4, -0.2) is 23.9 Å². The van der Waals surface area contributed by atoms with Gasteiger partial charge in [-0.2, -0.15) is 0 Å². The molecule has 1 aliphatic rings. The molecule has 1 unspecified atom stereocenters. The van der Waals surface area contributed by atoms with Crippen molar-refractivity contribution in [2.24, 2.45) is 0 Å². The number of aliphatic hydroxyl groups is 1. The third-order valence-electron chi connectivity index (χ3n) is 3.85. The largest absolute Gasteiger partial charge is 0.507 e. The molecule has 1 heterocycles. The lowest BCUT2D eigenvalue weighted by atomic mass is 9.95. The summed E-state index contributed by atoms with van der Waals surface area (Å²) in [6.45, 7) is 0. The van der Waals surface area contributed by atoms with Gasteiger partial charge in [0.15, 0.2) is 0 Å². The number of halogens is 2. The summed E-state index contributed by atoms with van der Waals surface area (Å²) < 4.78 is 19.1. The summed E-state index contributed by atoms with van der Waals surface area (Å²) in [5.74, 6) is -2.11. The van der Waals surface area contributed by atoms with Crippen molar-refractivity contribution >= 4 is 29.9 Å². The number of ketones is 1. The second-order valence-electron chi connectivity index (χ2n) is 5.25. The fourth-order valence-corrected chi connectivity index (χ4v) is 2.61. The molecule has 3 rings (SSSR count). The van der Waals surface area contributed by atoms with E-state index in [-0.39, 0.29) is 29.3 Å². The number of ether oxygens (including phenoxy) is 1. The molecule has 1 aliphatic heterocycles. The number of carbonyl (C=O) groups is 2. The average molecular weight is 364 g/mol. The molecule has 1 fully saturated rings. The fourth-order valence-electron chi connectivity index (χ4n) is 2.61. The molecule has 0 bridgehead atoms. The molecule has 0 saturated carbocycles. The Labute approximate surface area is 149 Å². The Kier molecular flexibility index (Phi) is 5.44. The number of hydrogen-bond donors (Lipinski definition) is 2. The van der Waals surface area contributed by atoms with E-state index in [0.29, 0.717) is 11.3 Å². The Morgan fingerprint density at radius 2 is 1.76 bits per heavy atom. The van der Waals surface area contributed by atoms with Crippen LogP contribution in [0.3, 0.4) is 0 Å². The van der Waals surface area contributed by atoms with Gasteiger partial charge in [0.25, 0.3) is 11.7 Å². The zero-order valence-corrected chi connectivity index (χ0v) is 14.0. The monoisotopic (exact) mass is 363 g/mol. The minimum atomic E-state index is -1.03. The van der Waals surface area contributed by atoms with Gasteiger partial charge in [0, 0.05) is 11.1 Å². The second-order valence-corrected chi connectivity index (χ2v) is 5.25. The van der Waals surface area contributed by atoms with Crippen molar-refractivity contribution in [2.45, 2.75) is 6.04 Å². The number of nitrogens with one attached hydrogen (secondary N) is 1. The second kappa shape index (κ2) is 7.36. The maximum Gasteiger partial charge on any atom is 0.293 e. The van der Waals surface area contributed by atoms with Crippen LogP contribution in [0.15, 0.2) is 54.1 Å². The molecule has 5 nitrogen and oxygen atoms in total. The first-order valence-corrected chi connectivity index (χ1v) is 7.20. The van der Waals surface area contributed by atoms with E-state index in [0.717, 1.165) is 0 Å². The quantitative estimate of drug-likeness (QED) is 0.499. The van der Waals surface area contributed by atoms with Gasteiger partial charge in [0.2, 0.25) is 0 Å². The molecular weight excluding hydrogens is 349 g/mol. The smallest absolute Gasteiger partial charge is 0.293 e. The van der Waals surface area contributed by atoms with E-state index in [9.17, 15) is 19.1 Å². The van der Waals surface area contributed by atoms with Crippen LogP contribution in [0.25, 0.3) is 5.76 Å². The van der Waals surface area contributed by atoms with Crippen LogP contribution < -0.4 is 10.1 Å². The van der Waals surface area contributed by atoms with E-state index >= 15 is 0 Å². The van der Waals surface area contributed by atoms with Gasteiger partial charge in [-0.15, -0.1) is 12.4 Å². The molecular formula is C18H15ClFNO4. The molecule has 2 aromatic rings. The van der Waals surface area contributed by atoms with Crippen molar-refractivity contribution in [3.8, 4) is 5.75 Å². The highest BCUT2D eigenvalue weighted by atomic mass is 35.5. The summed E-state index contributed by atoms with van der Waals surface area (Å²) in [7, 11) is 1.50. The molecule has 130 valence electrons. The van der Waals surface area contributed by atoms with Gasteiger partial charge in [-0.1, -0.05) is 18.2 Å². The summed E-state index contributed by atoms with van der Waals surface area (Å²) in [6, 6.07) is 11.1. The van der Waals surface area contributed by atoms with Crippen molar-refractivity contribution in [3.05, 3.63) is 71.0 Å². The maximum atomic E-state index is 14.1. The number of methoxy groups -OCH3 is 1. The first kappa shape index (κ1) is 18.5. The summed E-state index contributed by atoms with van der Waals surface area (Å²) in [4.78, 5) is 23.9. The average Bonchev–Trinajstić information content (AvgIpc) is 2.90. The first-order chi connectivity index (χ1) is 11.5. The molecule has 0 radical (unpaired) electrons. The van der Waals surface area contributed by atoms with Crippen LogP contribution in [0.2, 0.25) is 0 Å². The molecule has 2 aromatic carbocycles. The van der Waals surface area contributed by atoms with Crippen LogP contribution >= 0.6 is 12.4 Å². The van der Waals surface area contributed by atoms with Crippen LogP contribution in [0.4, 0.5) is 4.39 Å². The van der Waals surface area contributed by atoms with Crippen molar-refractivity contribution in [1.29, 1.82) is 0 Å². The predicted molar refractivity (Wildman–Crippen MR) is 92.1 cm³/mol. The fraction of sp³-hybridized carbons (Fsp3) is 0.111. The first-order valence-electron chi connectivity index (χ1n) is 7.20. The summed E-state index contributed by atoms with van der Waals surface area (Å²) >= 11 is 0. The van der Waals surface area contributed by atoms with E-state index in [1.807, 2.05) is 0 Å². The molecule has 0 spiro atoms. The summed E-state index contributed by atoms with van der Waals surface area (Å²) in [5.41, 5.74) is 0.277. The van der Waals surface area contributed by atoms with Crippen LogP contribution in [0.1, 0.15) is 17.2 Å². The van der Waals surface area contributed by atoms with Gasteiger partial charge in [-0.25, -0.2) is 4.39 Å². The van der Waals surface area contributed by atoms with Crippen molar-refractivity contribution in [3.63, 3.8) is 0 Å².